The second-order valence-corrected chi connectivity index (χ2v) is 4.36. The van der Waals surface area contributed by atoms with Gasteiger partial charge in [-0.2, -0.15) is 0 Å². The van der Waals surface area contributed by atoms with E-state index < -0.39 is 0 Å². The maximum Gasteiger partial charge on any atom is 0.0347 e. The molecule has 0 aliphatic carbocycles. The van der Waals surface area contributed by atoms with Gasteiger partial charge in [-0.25, -0.2) is 0 Å². The second-order valence-electron chi connectivity index (χ2n) is 3.41. The lowest BCUT2D eigenvalue weighted by Gasteiger charge is -2.04. The first kappa shape index (κ1) is 10.1. The first-order chi connectivity index (χ1) is 7.40. The van der Waals surface area contributed by atoms with Crippen LogP contribution in [0.2, 0.25) is 0 Å². The lowest BCUT2D eigenvalue weighted by molar-refractivity contribution is 0.907. The molecule has 0 amide bonds. The Labute approximate surface area is 94.1 Å². The normalized spacial score (nSPS) is 10.1. The van der Waals surface area contributed by atoms with Gasteiger partial charge in [0.1, 0.15) is 0 Å². The molecule has 76 valence electrons. The first-order valence-electron chi connectivity index (χ1n) is 5.05. The number of terminal acetylenes is 1. The molecule has 1 aromatic carbocycles. The number of benzene rings is 1. The predicted octanol–water partition coefficient (Wildman–Crippen LogP) is 3.73. The van der Waals surface area contributed by atoms with Crippen molar-refractivity contribution in [1.82, 2.24) is 0 Å². The summed E-state index contributed by atoms with van der Waals surface area (Å²) >= 11 is 1.77. The van der Waals surface area contributed by atoms with Crippen LogP contribution >= 0.6 is 11.3 Å². The minimum atomic E-state index is 0.841. The molecule has 1 N–H and O–H groups in total. The van der Waals surface area contributed by atoms with Crippen LogP contribution in [0.25, 0.3) is 10.1 Å². The summed E-state index contributed by atoms with van der Waals surface area (Å²) in [5, 5.41) is 6.80. The Morgan fingerprint density at radius 2 is 2.27 bits per heavy atom. The molecule has 0 saturated carbocycles. The van der Waals surface area contributed by atoms with Crippen molar-refractivity contribution in [3.8, 4) is 12.3 Å². The summed E-state index contributed by atoms with van der Waals surface area (Å²) in [5.41, 5.74) is 1.18. The van der Waals surface area contributed by atoms with Gasteiger partial charge in [0.2, 0.25) is 0 Å². The molecule has 2 heteroatoms. The largest absolute Gasteiger partial charge is 0.385 e. The smallest absolute Gasteiger partial charge is 0.0347 e. The van der Waals surface area contributed by atoms with Crippen molar-refractivity contribution in [2.45, 2.75) is 12.8 Å². The lowest BCUT2D eigenvalue weighted by Crippen LogP contribution is -2.00. The van der Waals surface area contributed by atoms with Crippen LogP contribution in [-0.4, -0.2) is 6.54 Å². The Morgan fingerprint density at radius 1 is 1.33 bits per heavy atom. The van der Waals surface area contributed by atoms with E-state index in [-0.39, 0.29) is 0 Å². The van der Waals surface area contributed by atoms with Gasteiger partial charge in [-0.15, -0.1) is 23.7 Å². The number of fused-ring (bicyclic) bond motifs is 1. The van der Waals surface area contributed by atoms with Gasteiger partial charge in [-0.1, -0.05) is 0 Å². The summed E-state index contributed by atoms with van der Waals surface area (Å²) in [5.74, 6) is 2.64. The summed E-state index contributed by atoms with van der Waals surface area (Å²) in [6.07, 6.45) is 7.06. The molecule has 0 radical (unpaired) electrons. The monoisotopic (exact) mass is 215 g/mol. The van der Waals surface area contributed by atoms with Gasteiger partial charge >= 0.3 is 0 Å². The zero-order valence-electron chi connectivity index (χ0n) is 8.49. The second kappa shape index (κ2) is 4.86. The van der Waals surface area contributed by atoms with Crippen LogP contribution in [0.4, 0.5) is 5.69 Å². The van der Waals surface area contributed by atoms with E-state index in [1.807, 2.05) is 0 Å². The van der Waals surface area contributed by atoms with Gasteiger partial charge in [0.15, 0.2) is 0 Å². The topological polar surface area (TPSA) is 12.0 Å². The average molecular weight is 215 g/mol. The summed E-state index contributed by atoms with van der Waals surface area (Å²) in [6.45, 7) is 0.944. The van der Waals surface area contributed by atoms with Crippen molar-refractivity contribution < 1.29 is 0 Å². The molecule has 0 spiro atoms. The highest BCUT2D eigenvalue weighted by Gasteiger charge is 1.96. The Kier molecular flexibility index (Phi) is 3.26. The van der Waals surface area contributed by atoms with Gasteiger partial charge in [0.25, 0.3) is 0 Å². The van der Waals surface area contributed by atoms with E-state index in [4.69, 9.17) is 6.42 Å². The molecule has 1 nitrogen and oxygen atoms in total. The summed E-state index contributed by atoms with van der Waals surface area (Å²) in [7, 11) is 0. The third-order valence-electron chi connectivity index (χ3n) is 2.28. The quantitative estimate of drug-likeness (QED) is 0.605. The molecule has 0 aliphatic rings. The Hall–Kier alpha value is -1.46. The minimum Gasteiger partial charge on any atom is -0.385 e. The highest BCUT2D eigenvalue weighted by molar-refractivity contribution is 7.17. The number of unbranched alkanes of at least 4 members (excludes halogenated alkanes) is 1. The van der Waals surface area contributed by atoms with E-state index in [0.29, 0.717) is 0 Å². The molecule has 2 rings (SSSR count). The number of hydrogen-bond acceptors (Lipinski definition) is 2. The fourth-order valence-electron chi connectivity index (χ4n) is 1.50. The number of thiophene rings is 1. The molecule has 2 aromatic rings. The SMILES string of the molecule is C#CCCCNc1ccc2sccc2c1. The van der Waals surface area contributed by atoms with Crippen LogP contribution in [-0.2, 0) is 0 Å². The first-order valence-corrected chi connectivity index (χ1v) is 5.93. The number of hydrogen-bond donors (Lipinski definition) is 1. The fraction of sp³-hybridized carbons (Fsp3) is 0.231. The Balaban J connectivity index is 1.99. The van der Waals surface area contributed by atoms with Crippen molar-refractivity contribution in [3.63, 3.8) is 0 Å². The molecule has 0 saturated heterocycles. The number of anilines is 1. The third-order valence-corrected chi connectivity index (χ3v) is 3.18. The van der Waals surface area contributed by atoms with Crippen molar-refractivity contribution in [2.75, 3.05) is 11.9 Å². The van der Waals surface area contributed by atoms with Crippen LogP contribution in [0.15, 0.2) is 29.6 Å². The van der Waals surface area contributed by atoms with Crippen molar-refractivity contribution in [3.05, 3.63) is 29.6 Å². The molecule has 15 heavy (non-hydrogen) atoms. The molecule has 0 unspecified atom stereocenters. The molecule has 0 atom stereocenters. The van der Waals surface area contributed by atoms with Crippen LogP contribution < -0.4 is 5.32 Å². The highest BCUT2D eigenvalue weighted by Crippen LogP contribution is 2.23. The van der Waals surface area contributed by atoms with Crippen LogP contribution in [0, 0.1) is 12.3 Å². The number of rotatable bonds is 4. The van der Waals surface area contributed by atoms with Gasteiger partial charge in [-0.05, 0) is 41.5 Å². The Morgan fingerprint density at radius 3 is 3.13 bits per heavy atom. The summed E-state index contributed by atoms with van der Waals surface area (Å²) < 4.78 is 1.34. The molecule has 0 fully saturated rings. The number of nitrogens with one attached hydrogen (secondary N) is 1. The van der Waals surface area contributed by atoms with E-state index in [9.17, 15) is 0 Å². The third kappa shape index (κ3) is 2.51. The summed E-state index contributed by atoms with van der Waals surface area (Å²) in [4.78, 5) is 0. The maximum absolute atomic E-state index is 5.19. The van der Waals surface area contributed by atoms with E-state index in [1.54, 1.807) is 11.3 Å². The van der Waals surface area contributed by atoms with Crippen molar-refractivity contribution in [1.29, 1.82) is 0 Å². The standard InChI is InChI=1S/C13H13NS/c1-2-3-4-8-14-12-5-6-13-11(10-12)7-9-15-13/h1,5-7,9-10,14H,3-4,8H2. The predicted molar refractivity (Wildman–Crippen MR) is 68.4 cm³/mol. The highest BCUT2D eigenvalue weighted by atomic mass is 32.1. The van der Waals surface area contributed by atoms with E-state index in [2.05, 4.69) is 40.9 Å². The van der Waals surface area contributed by atoms with E-state index in [1.165, 1.54) is 15.8 Å². The molecular formula is C13H13NS. The molecule has 0 aliphatic heterocycles. The zero-order chi connectivity index (χ0) is 10.5. The van der Waals surface area contributed by atoms with Gasteiger partial charge in [0, 0.05) is 23.4 Å². The average Bonchev–Trinajstić information content (AvgIpc) is 2.71. The van der Waals surface area contributed by atoms with E-state index >= 15 is 0 Å². The zero-order valence-corrected chi connectivity index (χ0v) is 9.31. The van der Waals surface area contributed by atoms with Crippen molar-refractivity contribution in [2.24, 2.45) is 0 Å². The van der Waals surface area contributed by atoms with Crippen LogP contribution in [0.3, 0.4) is 0 Å². The molecule has 0 bridgehead atoms. The minimum absolute atomic E-state index is 0.841. The molecule has 1 aromatic heterocycles. The van der Waals surface area contributed by atoms with Gasteiger partial charge in [0.05, 0.1) is 0 Å². The van der Waals surface area contributed by atoms with Crippen LogP contribution in [0.1, 0.15) is 12.8 Å². The van der Waals surface area contributed by atoms with Gasteiger partial charge < -0.3 is 5.32 Å². The van der Waals surface area contributed by atoms with Crippen molar-refractivity contribution >= 4 is 27.1 Å². The molecular weight excluding hydrogens is 202 g/mol. The fourth-order valence-corrected chi connectivity index (χ4v) is 2.27. The van der Waals surface area contributed by atoms with E-state index in [0.717, 1.165) is 19.4 Å². The van der Waals surface area contributed by atoms with Gasteiger partial charge in [-0.3, -0.25) is 0 Å². The van der Waals surface area contributed by atoms with Crippen LogP contribution in [0.5, 0.6) is 0 Å². The molecule has 1 heterocycles. The lowest BCUT2D eigenvalue weighted by atomic mass is 10.2. The Bertz CT molecular complexity index is 478. The maximum atomic E-state index is 5.19. The summed E-state index contributed by atoms with van der Waals surface area (Å²) in [6, 6.07) is 8.60.